The fraction of sp³-hybridized carbons (Fsp3) is 0.462. The molecular formula is C26H31N5O2S3. The SMILES string of the molecule is CCCSc1nc2sc3c(c2c2nnc(SCC(=O)NCCc4ccccc4)n12)C[C@](C)(CC)OC3. The van der Waals surface area contributed by atoms with Gasteiger partial charge in [0.15, 0.2) is 16.0 Å². The van der Waals surface area contributed by atoms with Crippen LogP contribution in [0.1, 0.15) is 49.6 Å². The number of rotatable bonds is 10. The van der Waals surface area contributed by atoms with E-state index in [0.717, 1.165) is 52.5 Å². The van der Waals surface area contributed by atoms with Gasteiger partial charge in [0.05, 0.1) is 23.3 Å². The van der Waals surface area contributed by atoms with E-state index in [0.29, 0.717) is 18.3 Å². The molecule has 4 aromatic rings. The average Bonchev–Trinajstić information content (AvgIpc) is 3.47. The molecule has 4 heterocycles. The number of amides is 1. The average molecular weight is 542 g/mol. The van der Waals surface area contributed by atoms with Crippen LogP contribution in [0.2, 0.25) is 0 Å². The minimum absolute atomic E-state index is 0.00625. The Morgan fingerprint density at radius 1 is 1.19 bits per heavy atom. The van der Waals surface area contributed by atoms with E-state index in [9.17, 15) is 4.79 Å². The van der Waals surface area contributed by atoms with E-state index in [-0.39, 0.29) is 17.3 Å². The first-order chi connectivity index (χ1) is 17.5. The van der Waals surface area contributed by atoms with Crippen LogP contribution in [0.15, 0.2) is 40.6 Å². The number of carbonyl (C=O) groups is 1. The maximum Gasteiger partial charge on any atom is 0.230 e. The summed E-state index contributed by atoms with van der Waals surface area (Å²) in [6.45, 7) is 7.74. The third kappa shape index (κ3) is 5.27. The minimum Gasteiger partial charge on any atom is -0.369 e. The van der Waals surface area contributed by atoms with Crippen LogP contribution in [0.4, 0.5) is 0 Å². The van der Waals surface area contributed by atoms with Crippen LogP contribution in [0.5, 0.6) is 0 Å². The molecule has 1 atom stereocenters. The predicted octanol–water partition coefficient (Wildman–Crippen LogP) is 5.53. The monoisotopic (exact) mass is 541 g/mol. The lowest BCUT2D eigenvalue weighted by Gasteiger charge is -2.33. The van der Waals surface area contributed by atoms with Crippen molar-refractivity contribution in [3.8, 4) is 0 Å². The third-order valence-electron chi connectivity index (χ3n) is 6.51. The van der Waals surface area contributed by atoms with Crippen LogP contribution in [-0.4, -0.2) is 49.1 Å². The van der Waals surface area contributed by atoms with E-state index in [4.69, 9.17) is 9.72 Å². The molecule has 0 spiro atoms. The van der Waals surface area contributed by atoms with Gasteiger partial charge in [-0.2, -0.15) is 0 Å². The fourth-order valence-corrected chi connectivity index (χ4v) is 7.12. The van der Waals surface area contributed by atoms with Crippen molar-refractivity contribution in [2.75, 3.05) is 18.1 Å². The van der Waals surface area contributed by atoms with Gasteiger partial charge in [-0.1, -0.05) is 67.7 Å². The van der Waals surface area contributed by atoms with Crippen molar-refractivity contribution in [3.63, 3.8) is 0 Å². The molecule has 1 aliphatic rings. The Morgan fingerprint density at radius 2 is 2.03 bits per heavy atom. The summed E-state index contributed by atoms with van der Waals surface area (Å²) in [5, 5.41) is 14.8. The van der Waals surface area contributed by atoms with Crippen molar-refractivity contribution >= 4 is 56.6 Å². The van der Waals surface area contributed by atoms with Crippen LogP contribution in [-0.2, 0) is 29.0 Å². The summed E-state index contributed by atoms with van der Waals surface area (Å²) >= 11 is 4.83. The van der Waals surface area contributed by atoms with Gasteiger partial charge in [0.1, 0.15) is 4.83 Å². The first-order valence-corrected chi connectivity index (χ1v) is 15.2. The first-order valence-electron chi connectivity index (χ1n) is 12.4. The summed E-state index contributed by atoms with van der Waals surface area (Å²) in [4.78, 5) is 19.9. The number of carbonyl (C=O) groups excluding carboxylic acids is 1. The van der Waals surface area contributed by atoms with Crippen LogP contribution in [0.3, 0.4) is 0 Å². The number of thioether (sulfide) groups is 2. The Labute approximate surface area is 223 Å². The molecule has 1 aromatic carbocycles. The Bertz CT molecular complexity index is 1370. The van der Waals surface area contributed by atoms with Crippen LogP contribution in [0.25, 0.3) is 15.9 Å². The van der Waals surface area contributed by atoms with E-state index in [2.05, 4.69) is 52.8 Å². The molecule has 0 radical (unpaired) electrons. The third-order valence-corrected chi connectivity index (χ3v) is 9.69. The molecule has 0 fully saturated rings. The molecule has 0 bridgehead atoms. The Morgan fingerprint density at radius 3 is 2.81 bits per heavy atom. The molecule has 0 unspecified atom stereocenters. The largest absolute Gasteiger partial charge is 0.369 e. The minimum atomic E-state index is -0.178. The molecule has 0 saturated heterocycles. The smallest absolute Gasteiger partial charge is 0.230 e. The van der Waals surface area contributed by atoms with Gasteiger partial charge in [-0.3, -0.25) is 4.79 Å². The van der Waals surface area contributed by atoms with Crippen molar-refractivity contribution in [1.29, 1.82) is 0 Å². The van der Waals surface area contributed by atoms with Gasteiger partial charge in [0.25, 0.3) is 0 Å². The summed E-state index contributed by atoms with van der Waals surface area (Å²) < 4.78 is 8.25. The molecule has 36 heavy (non-hydrogen) atoms. The summed E-state index contributed by atoms with van der Waals surface area (Å²) in [7, 11) is 0. The number of hydrogen-bond donors (Lipinski definition) is 1. The maximum atomic E-state index is 12.6. The summed E-state index contributed by atoms with van der Waals surface area (Å²) in [6, 6.07) is 10.2. The second kappa shape index (κ2) is 11.1. The van der Waals surface area contributed by atoms with E-state index in [1.54, 1.807) is 23.1 Å². The van der Waals surface area contributed by atoms with Crippen molar-refractivity contribution in [2.45, 2.75) is 69.0 Å². The summed E-state index contributed by atoms with van der Waals surface area (Å²) in [6.07, 6.45) is 3.65. The zero-order valence-corrected chi connectivity index (χ0v) is 23.3. The molecule has 1 amide bonds. The van der Waals surface area contributed by atoms with Gasteiger partial charge in [0, 0.05) is 23.6 Å². The predicted molar refractivity (Wildman–Crippen MR) is 148 cm³/mol. The molecule has 10 heteroatoms. The second-order valence-corrected chi connectivity index (χ2v) is 12.3. The highest BCUT2D eigenvalue weighted by atomic mass is 32.2. The highest BCUT2D eigenvalue weighted by Crippen LogP contribution is 2.42. The standard InChI is InChI=1S/C26H31N5O2S3/c1-4-13-34-24-28-23-21(18-14-26(3,5-2)33-15-19(18)36-23)22-29-30-25(31(22)24)35-16-20(32)27-12-11-17-9-7-6-8-10-17/h6-10H,4-5,11-16H2,1-3H3,(H,27,32)/t26-/m0/s1. The highest BCUT2D eigenvalue weighted by Gasteiger charge is 2.33. The molecule has 0 aliphatic carbocycles. The van der Waals surface area contributed by atoms with Gasteiger partial charge < -0.3 is 10.1 Å². The Kier molecular flexibility index (Phi) is 7.85. The Balaban J connectivity index is 1.39. The van der Waals surface area contributed by atoms with Gasteiger partial charge in [-0.05, 0) is 37.3 Å². The molecule has 1 N–H and O–H groups in total. The van der Waals surface area contributed by atoms with Crippen LogP contribution in [0, 0.1) is 0 Å². The fourth-order valence-electron chi connectivity index (χ4n) is 4.30. The number of benzene rings is 1. The van der Waals surface area contributed by atoms with E-state index in [1.807, 2.05) is 18.2 Å². The van der Waals surface area contributed by atoms with Gasteiger partial charge in [0.2, 0.25) is 5.91 Å². The number of fused-ring (bicyclic) bond motifs is 5. The van der Waals surface area contributed by atoms with Gasteiger partial charge >= 0.3 is 0 Å². The zero-order chi connectivity index (χ0) is 25.1. The maximum absolute atomic E-state index is 12.6. The number of thiophene rings is 1. The lowest BCUT2D eigenvalue weighted by molar-refractivity contribution is -0.118. The molecule has 5 rings (SSSR count). The molecule has 7 nitrogen and oxygen atoms in total. The van der Waals surface area contributed by atoms with Gasteiger partial charge in [-0.15, -0.1) is 21.5 Å². The quantitative estimate of drug-likeness (QED) is 0.209. The normalized spacial score (nSPS) is 17.5. The highest BCUT2D eigenvalue weighted by molar-refractivity contribution is 8.00. The number of nitrogens with one attached hydrogen (secondary N) is 1. The van der Waals surface area contributed by atoms with Crippen molar-refractivity contribution in [3.05, 3.63) is 46.3 Å². The molecular weight excluding hydrogens is 511 g/mol. The van der Waals surface area contributed by atoms with Crippen LogP contribution < -0.4 is 5.32 Å². The molecule has 3 aromatic heterocycles. The van der Waals surface area contributed by atoms with Crippen molar-refractivity contribution in [1.82, 2.24) is 24.9 Å². The molecule has 190 valence electrons. The molecule has 0 saturated carbocycles. The van der Waals surface area contributed by atoms with E-state index < -0.39 is 0 Å². The van der Waals surface area contributed by atoms with Crippen LogP contribution >= 0.6 is 34.9 Å². The number of ether oxygens (including phenoxy) is 1. The summed E-state index contributed by atoms with van der Waals surface area (Å²) in [5.41, 5.74) is 3.16. The van der Waals surface area contributed by atoms with Crippen molar-refractivity contribution in [2.24, 2.45) is 0 Å². The van der Waals surface area contributed by atoms with E-state index in [1.165, 1.54) is 27.8 Å². The van der Waals surface area contributed by atoms with Gasteiger partial charge in [-0.25, -0.2) is 9.38 Å². The van der Waals surface area contributed by atoms with E-state index >= 15 is 0 Å². The number of nitrogens with zero attached hydrogens (tertiary/aromatic N) is 4. The molecule has 1 aliphatic heterocycles. The number of aromatic nitrogens is 4. The second-order valence-electron chi connectivity index (χ2n) is 9.21. The first kappa shape index (κ1) is 25.5. The zero-order valence-electron chi connectivity index (χ0n) is 20.9. The topological polar surface area (TPSA) is 81.4 Å². The lowest BCUT2D eigenvalue weighted by atomic mass is 9.90. The Hall–Kier alpha value is -2.14. The lowest BCUT2D eigenvalue weighted by Crippen LogP contribution is -2.33. The number of hydrogen-bond acceptors (Lipinski definition) is 8. The summed E-state index contributed by atoms with van der Waals surface area (Å²) in [5.74, 6) is 1.24. The van der Waals surface area contributed by atoms with Crippen molar-refractivity contribution < 1.29 is 9.53 Å².